The zero-order valence-corrected chi connectivity index (χ0v) is 16.8. The lowest BCUT2D eigenvalue weighted by Crippen LogP contribution is -2.52. The number of likely N-dealkylation sites (tertiary alicyclic amines) is 1. The zero-order chi connectivity index (χ0) is 22.1. The van der Waals surface area contributed by atoms with Crippen LogP contribution in [0.5, 0.6) is 5.75 Å². The van der Waals surface area contributed by atoms with E-state index in [1.165, 1.54) is 9.80 Å². The molecule has 0 saturated carbocycles. The number of aliphatic carboxylic acids is 1. The van der Waals surface area contributed by atoms with Crippen LogP contribution < -0.4 is 10.1 Å². The summed E-state index contributed by atoms with van der Waals surface area (Å²) in [4.78, 5) is 63.2. The van der Waals surface area contributed by atoms with E-state index >= 15 is 0 Å². The number of piperidine rings is 2. The lowest BCUT2D eigenvalue weighted by atomic mass is 10.0. The molecule has 2 atom stereocenters. The number of hydrogen-bond acceptors (Lipinski definition) is 6. The van der Waals surface area contributed by atoms with Gasteiger partial charge in [-0.05, 0) is 37.8 Å². The highest BCUT2D eigenvalue weighted by Gasteiger charge is 2.40. The number of imide groups is 1. The Bertz CT molecular complexity index is 960. The summed E-state index contributed by atoms with van der Waals surface area (Å²) in [5.74, 6) is -2.29. The predicted octanol–water partition coefficient (Wildman–Crippen LogP) is 0.292. The van der Waals surface area contributed by atoms with Gasteiger partial charge in [-0.25, -0.2) is 4.79 Å². The first kappa shape index (κ1) is 20.8. The first-order chi connectivity index (χ1) is 14.9. The van der Waals surface area contributed by atoms with Crippen molar-refractivity contribution in [1.82, 2.24) is 15.1 Å². The zero-order valence-electron chi connectivity index (χ0n) is 16.8. The maximum Gasteiger partial charge on any atom is 0.326 e. The SMILES string of the molecule is O=C1CCC(N2Cc3c(OCC(=O)N4CCCC[C@H]4C(=O)O)cccc3C2=O)C(=O)N1. The highest BCUT2D eigenvalue weighted by molar-refractivity contribution is 6.05. The van der Waals surface area contributed by atoms with Crippen molar-refractivity contribution in [2.45, 2.75) is 50.7 Å². The van der Waals surface area contributed by atoms with Crippen molar-refractivity contribution >= 4 is 29.6 Å². The van der Waals surface area contributed by atoms with Gasteiger partial charge in [-0.15, -0.1) is 0 Å². The van der Waals surface area contributed by atoms with E-state index in [-0.39, 0.29) is 37.8 Å². The number of carboxylic acid groups (broad SMARTS) is 1. The molecule has 1 unspecified atom stereocenters. The number of amides is 4. The van der Waals surface area contributed by atoms with Crippen LogP contribution in [0, 0.1) is 0 Å². The molecule has 2 fully saturated rings. The minimum atomic E-state index is -1.03. The molecule has 0 bridgehead atoms. The Kier molecular flexibility index (Phi) is 5.62. The number of nitrogens with zero attached hydrogens (tertiary/aromatic N) is 2. The first-order valence-electron chi connectivity index (χ1n) is 10.3. The fraction of sp³-hybridized carbons (Fsp3) is 0.476. The molecule has 4 amide bonds. The van der Waals surface area contributed by atoms with Crippen LogP contribution in [-0.2, 0) is 25.7 Å². The van der Waals surface area contributed by atoms with Crippen LogP contribution >= 0.6 is 0 Å². The lowest BCUT2D eigenvalue weighted by molar-refractivity contribution is -0.152. The van der Waals surface area contributed by atoms with Crippen LogP contribution in [0.25, 0.3) is 0 Å². The van der Waals surface area contributed by atoms with Crippen molar-refractivity contribution < 1.29 is 33.8 Å². The summed E-state index contributed by atoms with van der Waals surface area (Å²) >= 11 is 0. The topological polar surface area (TPSA) is 133 Å². The van der Waals surface area contributed by atoms with Crippen molar-refractivity contribution in [3.8, 4) is 5.75 Å². The number of nitrogens with one attached hydrogen (secondary N) is 1. The Morgan fingerprint density at radius 3 is 2.71 bits per heavy atom. The Morgan fingerprint density at radius 2 is 1.97 bits per heavy atom. The van der Waals surface area contributed by atoms with Gasteiger partial charge < -0.3 is 19.6 Å². The maximum atomic E-state index is 12.8. The molecule has 0 radical (unpaired) electrons. The quantitative estimate of drug-likeness (QED) is 0.643. The molecule has 10 heteroatoms. The van der Waals surface area contributed by atoms with E-state index < -0.39 is 29.9 Å². The Morgan fingerprint density at radius 1 is 1.16 bits per heavy atom. The average Bonchev–Trinajstić information content (AvgIpc) is 3.09. The summed E-state index contributed by atoms with van der Waals surface area (Å²) < 4.78 is 5.70. The molecule has 10 nitrogen and oxygen atoms in total. The fourth-order valence-electron chi connectivity index (χ4n) is 4.40. The van der Waals surface area contributed by atoms with Gasteiger partial charge >= 0.3 is 5.97 Å². The molecule has 31 heavy (non-hydrogen) atoms. The number of carbonyl (C=O) groups excluding carboxylic acids is 4. The lowest BCUT2D eigenvalue weighted by Gasteiger charge is -2.32. The van der Waals surface area contributed by atoms with Crippen molar-refractivity contribution in [1.29, 1.82) is 0 Å². The normalized spacial score (nSPS) is 23.4. The minimum Gasteiger partial charge on any atom is -0.483 e. The van der Waals surface area contributed by atoms with E-state index in [1.54, 1.807) is 18.2 Å². The molecule has 0 aliphatic carbocycles. The number of carbonyl (C=O) groups is 5. The molecule has 0 aromatic heterocycles. The summed E-state index contributed by atoms with van der Waals surface area (Å²) in [5.41, 5.74) is 0.953. The van der Waals surface area contributed by atoms with E-state index in [1.807, 2.05) is 0 Å². The number of carboxylic acids is 1. The molecule has 3 aliphatic rings. The Hall–Kier alpha value is -3.43. The van der Waals surface area contributed by atoms with Crippen molar-refractivity contribution in [2.24, 2.45) is 0 Å². The van der Waals surface area contributed by atoms with Crippen LogP contribution in [0.4, 0.5) is 0 Å². The van der Waals surface area contributed by atoms with Gasteiger partial charge in [0.2, 0.25) is 11.8 Å². The van der Waals surface area contributed by atoms with Gasteiger partial charge in [0.05, 0.1) is 6.54 Å². The van der Waals surface area contributed by atoms with E-state index in [4.69, 9.17) is 4.74 Å². The van der Waals surface area contributed by atoms with Gasteiger partial charge in [-0.2, -0.15) is 0 Å². The molecule has 3 aliphatic heterocycles. The van der Waals surface area contributed by atoms with Crippen molar-refractivity contribution in [3.05, 3.63) is 29.3 Å². The highest BCUT2D eigenvalue weighted by Crippen LogP contribution is 2.33. The number of ether oxygens (including phenoxy) is 1. The third kappa shape index (κ3) is 3.97. The molecule has 1 aromatic rings. The van der Waals surface area contributed by atoms with Gasteiger partial charge in [0.25, 0.3) is 11.8 Å². The largest absolute Gasteiger partial charge is 0.483 e. The number of benzene rings is 1. The van der Waals surface area contributed by atoms with Crippen LogP contribution in [-0.4, -0.2) is 69.7 Å². The number of hydrogen-bond donors (Lipinski definition) is 2. The Balaban J connectivity index is 1.46. The van der Waals surface area contributed by atoms with E-state index in [9.17, 15) is 29.1 Å². The molecule has 4 rings (SSSR count). The summed E-state index contributed by atoms with van der Waals surface area (Å²) in [6.45, 7) is 0.160. The monoisotopic (exact) mass is 429 g/mol. The van der Waals surface area contributed by atoms with E-state index in [2.05, 4.69) is 5.32 Å². The van der Waals surface area contributed by atoms with Gasteiger partial charge in [0.15, 0.2) is 6.61 Å². The van der Waals surface area contributed by atoms with Crippen LogP contribution in [0.1, 0.15) is 48.0 Å². The second-order valence-corrected chi connectivity index (χ2v) is 7.91. The van der Waals surface area contributed by atoms with E-state index in [0.717, 1.165) is 12.8 Å². The van der Waals surface area contributed by atoms with Crippen LogP contribution in [0.3, 0.4) is 0 Å². The number of rotatable bonds is 5. The van der Waals surface area contributed by atoms with Gasteiger partial charge in [0, 0.05) is 24.1 Å². The molecular weight excluding hydrogens is 406 g/mol. The standard InChI is InChI=1S/C21H23N3O7/c25-17-8-7-14(19(27)22-17)24-10-13-12(20(24)28)4-3-6-16(13)31-11-18(26)23-9-2-1-5-15(23)21(29)30/h3-4,6,14-15H,1-2,5,7-11H2,(H,29,30)(H,22,25,27)/t14?,15-/m0/s1. The third-order valence-corrected chi connectivity index (χ3v) is 6.00. The van der Waals surface area contributed by atoms with Crippen molar-refractivity contribution in [2.75, 3.05) is 13.2 Å². The smallest absolute Gasteiger partial charge is 0.326 e. The summed E-state index contributed by atoms with van der Waals surface area (Å²) in [7, 11) is 0. The van der Waals surface area contributed by atoms with Gasteiger partial charge in [-0.3, -0.25) is 24.5 Å². The highest BCUT2D eigenvalue weighted by atomic mass is 16.5. The summed E-state index contributed by atoms with van der Waals surface area (Å²) in [6, 6.07) is 3.31. The fourth-order valence-corrected chi connectivity index (χ4v) is 4.40. The van der Waals surface area contributed by atoms with Crippen molar-refractivity contribution in [3.63, 3.8) is 0 Å². The molecule has 3 heterocycles. The first-order valence-corrected chi connectivity index (χ1v) is 10.3. The molecule has 2 N–H and O–H groups in total. The molecule has 0 spiro atoms. The second-order valence-electron chi connectivity index (χ2n) is 7.91. The summed E-state index contributed by atoms with van der Waals surface area (Å²) in [5, 5.41) is 11.6. The third-order valence-electron chi connectivity index (χ3n) is 6.00. The molecule has 2 saturated heterocycles. The Labute approximate surface area is 178 Å². The maximum absolute atomic E-state index is 12.8. The molecular formula is C21H23N3O7. The summed E-state index contributed by atoms with van der Waals surface area (Å²) in [6.07, 6.45) is 2.33. The van der Waals surface area contributed by atoms with Gasteiger partial charge in [0.1, 0.15) is 17.8 Å². The van der Waals surface area contributed by atoms with Crippen LogP contribution in [0.2, 0.25) is 0 Å². The second kappa shape index (κ2) is 8.37. The van der Waals surface area contributed by atoms with Gasteiger partial charge in [-0.1, -0.05) is 6.07 Å². The predicted molar refractivity (Wildman–Crippen MR) is 105 cm³/mol. The number of fused-ring (bicyclic) bond motifs is 1. The molecule has 1 aromatic carbocycles. The van der Waals surface area contributed by atoms with Crippen LogP contribution in [0.15, 0.2) is 18.2 Å². The minimum absolute atomic E-state index is 0.131. The average molecular weight is 429 g/mol. The molecule has 164 valence electrons. The van der Waals surface area contributed by atoms with E-state index in [0.29, 0.717) is 29.8 Å².